The number of benzene rings is 6. The molecular formula is C57H60BN3. The molecule has 0 amide bonds. The molecule has 0 spiro atoms. The van der Waals surface area contributed by atoms with Gasteiger partial charge in [0.2, 0.25) is 0 Å². The predicted octanol–water partition coefficient (Wildman–Crippen LogP) is 13.3. The van der Waals surface area contributed by atoms with E-state index in [1.807, 2.05) is 0 Å². The van der Waals surface area contributed by atoms with Gasteiger partial charge in [-0.15, -0.1) is 0 Å². The molecule has 0 bridgehead atoms. The van der Waals surface area contributed by atoms with E-state index in [-0.39, 0.29) is 28.4 Å². The molecule has 3 nitrogen and oxygen atoms in total. The standard InChI is InChI=1S/C57H60BN3/c1-14-15-17-32-18-16-19-37-40-30-48-49-53(50(40)59-31-43(32)37)61-47-23-21-34(55(5,6)7)25-39(47)42-27-36(57(11,12)13)29-45(52(42)61)58(49)44-28-35(56(8,9)10)26-41-38-24-33(54(2,3)4)20-22-46(38)60(48)51(41)44/h16,18-31H,14-15,17H2,1-13H3. The van der Waals surface area contributed by atoms with E-state index < -0.39 is 0 Å². The number of unbranched alkanes of at least 4 members (excludes halogenated alkanes) is 1. The minimum Gasteiger partial charge on any atom is -0.310 e. The van der Waals surface area contributed by atoms with Gasteiger partial charge in [0.25, 0.3) is 6.71 Å². The van der Waals surface area contributed by atoms with Crippen LogP contribution < -0.4 is 16.4 Å². The maximum Gasteiger partial charge on any atom is 0.252 e. The molecule has 61 heavy (non-hydrogen) atoms. The van der Waals surface area contributed by atoms with Gasteiger partial charge in [0.15, 0.2) is 0 Å². The van der Waals surface area contributed by atoms with Crippen molar-refractivity contribution in [1.82, 2.24) is 14.1 Å². The van der Waals surface area contributed by atoms with Crippen molar-refractivity contribution in [2.24, 2.45) is 0 Å². The summed E-state index contributed by atoms with van der Waals surface area (Å²) < 4.78 is 5.31. The van der Waals surface area contributed by atoms with Gasteiger partial charge >= 0.3 is 0 Å². The highest BCUT2D eigenvalue weighted by molar-refractivity contribution is 7.00. The van der Waals surface area contributed by atoms with Gasteiger partial charge < -0.3 is 9.13 Å². The number of rotatable bonds is 3. The van der Waals surface area contributed by atoms with Crippen LogP contribution in [0.25, 0.3) is 76.7 Å². The van der Waals surface area contributed by atoms with Gasteiger partial charge in [-0.1, -0.05) is 139 Å². The molecule has 9 aromatic rings. The second-order valence-electron chi connectivity index (χ2n) is 22.8. The summed E-state index contributed by atoms with van der Waals surface area (Å²) in [5, 5.41) is 9.18. The van der Waals surface area contributed by atoms with Crippen molar-refractivity contribution in [2.45, 2.75) is 131 Å². The van der Waals surface area contributed by atoms with Crippen molar-refractivity contribution in [3.8, 4) is 11.4 Å². The van der Waals surface area contributed by atoms with Crippen LogP contribution in [0.15, 0.2) is 91.1 Å². The lowest BCUT2D eigenvalue weighted by molar-refractivity contribution is 0.590. The third kappa shape index (κ3) is 5.39. The lowest BCUT2D eigenvalue weighted by Gasteiger charge is -2.36. The SMILES string of the molecule is CCCCc1cccc2c1cnc1c3c4c(cc12)-n1c2ccc(C(C)(C)C)cc2c2cc(C(C)(C)C)cc(c21)B4c1cc(C(C)(C)C)cc2c4cc(C(C)(C)C)ccc4n-3c12. The lowest BCUT2D eigenvalue weighted by Crippen LogP contribution is -2.60. The van der Waals surface area contributed by atoms with Gasteiger partial charge in [-0.3, -0.25) is 4.98 Å². The zero-order valence-corrected chi connectivity index (χ0v) is 38.7. The Bertz CT molecular complexity index is 3380. The molecule has 0 atom stereocenters. The Morgan fingerprint density at radius 3 is 1.57 bits per heavy atom. The monoisotopic (exact) mass is 797 g/mol. The van der Waals surface area contributed by atoms with E-state index in [0.29, 0.717) is 0 Å². The minimum atomic E-state index is -0.0430. The van der Waals surface area contributed by atoms with Gasteiger partial charge in [-0.25, -0.2) is 0 Å². The van der Waals surface area contributed by atoms with Crippen LogP contribution >= 0.6 is 0 Å². The summed E-state index contributed by atoms with van der Waals surface area (Å²) in [6.07, 6.45) is 5.60. The van der Waals surface area contributed by atoms with Crippen molar-refractivity contribution in [2.75, 3.05) is 0 Å². The van der Waals surface area contributed by atoms with E-state index in [2.05, 4.69) is 190 Å². The van der Waals surface area contributed by atoms with E-state index in [1.54, 1.807) is 0 Å². The Morgan fingerprint density at radius 1 is 0.508 bits per heavy atom. The zero-order chi connectivity index (χ0) is 42.9. The van der Waals surface area contributed by atoms with E-state index in [1.165, 1.54) is 128 Å². The Balaban J connectivity index is 1.41. The second-order valence-corrected chi connectivity index (χ2v) is 22.8. The first-order chi connectivity index (χ1) is 28.8. The van der Waals surface area contributed by atoms with Gasteiger partial charge in [0, 0.05) is 55.2 Å². The summed E-state index contributed by atoms with van der Waals surface area (Å²) in [5.74, 6) is 0. The molecule has 11 rings (SSSR count). The Morgan fingerprint density at radius 2 is 1.03 bits per heavy atom. The molecular weight excluding hydrogens is 737 g/mol. The number of nitrogens with zero attached hydrogens (tertiary/aromatic N) is 3. The fourth-order valence-electron chi connectivity index (χ4n) is 11.0. The number of aromatic nitrogens is 3. The second kappa shape index (κ2) is 12.4. The fraction of sp³-hybridized carbons (Fsp3) is 0.351. The molecule has 0 radical (unpaired) electrons. The average molecular weight is 798 g/mol. The van der Waals surface area contributed by atoms with Crippen molar-refractivity contribution in [3.63, 3.8) is 0 Å². The van der Waals surface area contributed by atoms with Crippen LogP contribution in [0.2, 0.25) is 0 Å². The predicted molar refractivity (Wildman–Crippen MR) is 266 cm³/mol. The molecule has 0 saturated heterocycles. The summed E-state index contributed by atoms with van der Waals surface area (Å²) in [4.78, 5) is 5.61. The number of pyridine rings is 1. The van der Waals surface area contributed by atoms with Crippen LogP contribution in [0.1, 0.15) is 131 Å². The minimum absolute atomic E-state index is 0.0168. The van der Waals surface area contributed by atoms with Crippen LogP contribution in [-0.4, -0.2) is 20.8 Å². The topological polar surface area (TPSA) is 22.8 Å². The summed E-state index contributed by atoms with van der Waals surface area (Å²) in [5.41, 5.74) is 19.9. The van der Waals surface area contributed by atoms with Crippen molar-refractivity contribution >= 4 is 88.4 Å². The molecule has 5 heterocycles. The van der Waals surface area contributed by atoms with E-state index in [9.17, 15) is 0 Å². The normalized spacial score (nSPS) is 14.1. The molecule has 0 fully saturated rings. The molecule has 3 aromatic heterocycles. The van der Waals surface area contributed by atoms with Gasteiger partial charge in [0.05, 0.1) is 22.2 Å². The van der Waals surface area contributed by atoms with Crippen molar-refractivity contribution < 1.29 is 0 Å². The highest BCUT2D eigenvalue weighted by Crippen LogP contribution is 2.45. The first kappa shape index (κ1) is 38.6. The van der Waals surface area contributed by atoms with Gasteiger partial charge in [-0.2, -0.15) is 0 Å². The van der Waals surface area contributed by atoms with Gasteiger partial charge in [-0.05, 0) is 127 Å². The quantitative estimate of drug-likeness (QED) is 0.129. The third-order valence-corrected chi connectivity index (χ3v) is 14.5. The van der Waals surface area contributed by atoms with Crippen LogP contribution in [-0.2, 0) is 28.1 Å². The summed E-state index contributed by atoms with van der Waals surface area (Å²) >= 11 is 0. The number of hydrogen-bond acceptors (Lipinski definition) is 1. The smallest absolute Gasteiger partial charge is 0.252 e. The van der Waals surface area contributed by atoms with E-state index >= 15 is 0 Å². The summed E-state index contributed by atoms with van der Waals surface area (Å²) in [7, 11) is 0. The molecule has 0 aliphatic carbocycles. The zero-order valence-electron chi connectivity index (χ0n) is 38.7. The Kier molecular flexibility index (Phi) is 7.84. The molecule has 0 N–H and O–H groups in total. The highest BCUT2D eigenvalue weighted by atomic mass is 15.0. The first-order valence-corrected chi connectivity index (χ1v) is 22.9. The average Bonchev–Trinajstić information content (AvgIpc) is 3.71. The van der Waals surface area contributed by atoms with Crippen LogP contribution in [0.5, 0.6) is 0 Å². The molecule has 2 aliphatic heterocycles. The number of aryl methyl sites for hydroxylation is 1. The molecule has 0 saturated carbocycles. The summed E-state index contributed by atoms with van der Waals surface area (Å²) in [6, 6.07) is 34.3. The maximum atomic E-state index is 5.61. The highest BCUT2D eigenvalue weighted by Gasteiger charge is 2.43. The Hall–Kier alpha value is -5.35. The van der Waals surface area contributed by atoms with E-state index in [4.69, 9.17) is 4.98 Å². The van der Waals surface area contributed by atoms with Gasteiger partial charge in [0.1, 0.15) is 0 Å². The van der Waals surface area contributed by atoms with Crippen molar-refractivity contribution in [1.29, 1.82) is 0 Å². The number of fused-ring (bicyclic) bond motifs is 14. The summed E-state index contributed by atoms with van der Waals surface area (Å²) in [6.45, 7) is 30.6. The maximum absolute atomic E-state index is 5.61. The largest absolute Gasteiger partial charge is 0.310 e. The molecule has 306 valence electrons. The first-order valence-electron chi connectivity index (χ1n) is 22.9. The van der Waals surface area contributed by atoms with Crippen LogP contribution in [0.3, 0.4) is 0 Å². The number of hydrogen-bond donors (Lipinski definition) is 0. The lowest BCUT2D eigenvalue weighted by atomic mass is 9.33. The van der Waals surface area contributed by atoms with E-state index in [0.717, 1.165) is 11.9 Å². The third-order valence-electron chi connectivity index (χ3n) is 14.5. The molecule has 6 aromatic carbocycles. The van der Waals surface area contributed by atoms with Crippen molar-refractivity contribution in [3.05, 3.63) is 119 Å². The fourth-order valence-corrected chi connectivity index (χ4v) is 11.0. The Labute approximate surface area is 362 Å². The molecule has 2 aliphatic rings. The van der Waals surface area contributed by atoms with Crippen LogP contribution in [0.4, 0.5) is 0 Å². The van der Waals surface area contributed by atoms with Crippen LogP contribution in [0, 0.1) is 0 Å². The molecule has 4 heteroatoms. The molecule has 0 unspecified atom stereocenters.